The summed E-state index contributed by atoms with van der Waals surface area (Å²) in [5, 5.41) is 4.88. The SMILES string of the molecule is CC(NCC1CCSCC1)c1nc2ccccc2s1. The fraction of sp³-hybridized carbons (Fsp3) is 0.533. The number of thiazole rings is 1. The molecule has 2 aromatic rings. The molecule has 1 aromatic heterocycles. The van der Waals surface area contributed by atoms with Crippen LogP contribution in [0.15, 0.2) is 24.3 Å². The van der Waals surface area contributed by atoms with E-state index in [0.717, 1.165) is 18.0 Å². The van der Waals surface area contributed by atoms with Crippen LogP contribution < -0.4 is 5.32 Å². The topological polar surface area (TPSA) is 24.9 Å². The first-order valence-corrected chi connectivity index (χ1v) is 8.96. The summed E-state index contributed by atoms with van der Waals surface area (Å²) >= 11 is 3.91. The maximum atomic E-state index is 4.73. The molecular formula is C15H20N2S2. The Bertz CT molecular complexity index is 499. The van der Waals surface area contributed by atoms with Gasteiger partial charge in [-0.15, -0.1) is 11.3 Å². The van der Waals surface area contributed by atoms with Crippen molar-refractivity contribution in [2.75, 3.05) is 18.1 Å². The Morgan fingerprint density at radius 2 is 2.11 bits per heavy atom. The summed E-state index contributed by atoms with van der Waals surface area (Å²) in [6.07, 6.45) is 2.73. The summed E-state index contributed by atoms with van der Waals surface area (Å²) in [6, 6.07) is 8.76. The molecule has 4 heteroatoms. The van der Waals surface area contributed by atoms with E-state index in [0.29, 0.717) is 6.04 Å². The van der Waals surface area contributed by atoms with Crippen molar-refractivity contribution < 1.29 is 0 Å². The van der Waals surface area contributed by atoms with E-state index in [1.807, 2.05) is 11.3 Å². The molecule has 102 valence electrons. The van der Waals surface area contributed by atoms with E-state index in [-0.39, 0.29) is 0 Å². The Balaban J connectivity index is 1.61. The quantitative estimate of drug-likeness (QED) is 0.918. The average Bonchev–Trinajstić information content (AvgIpc) is 2.90. The van der Waals surface area contributed by atoms with Crippen molar-refractivity contribution in [1.29, 1.82) is 0 Å². The van der Waals surface area contributed by atoms with Crippen molar-refractivity contribution >= 4 is 33.3 Å². The molecule has 2 heterocycles. The van der Waals surface area contributed by atoms with Crippen molar-refractivity contribution in [2.24, 2.45) is 5.92 Å². The van der Waals surface area contributed by atoms with Gasteiger partial charge in [0.1, 0.15) is 5.01 Å². The van der Waals surface area contributed by atoms with Crippen LogP contribution in [-0.2, 0) is 0 Å². The minimum atomic E-state index is 0.368. The largest absolute Gasteiger partial charge is 0.308 e. The zero-order chi connectivity index (χ0) is 13.1. The zero-order valence-electron chi connectivity index (χ0n) is 11.3. The Kier molecular flexibility index (Phi) is 4.41. The normalized spacial score (nSPS) is 18.8. The van der Waals surface area contributed by atoms with Gasteiger partial charge in [-0.1, -0.05) is 12.1 Å². The summed E-state index contributed by atoms with van der Waals surface area (Å²) in [5.41, 5.74) is 1.13. The molecular weight excluding hydrogens is 272 g/mol. The van der Waals surface area contributed by atoms with Crippen molar-refractivity contribution in [3.05, 3.63) is 29.3 Å². The van der Waals surface area contributed by atoms with Gasteiger partial charge in [0.05, 0.1) is 16.3 Å². The van der Waals surface area contributed by atoms with E-state index in [4.69, 9.17) is 4.98 Å². The highest BCUT2D eigenvalue weighted by Crippen LogP contribution is 2.27. The van der Waals surface area contributed by atoms with Gasteiger partial charge in [0.15, 0.2) is 0 Å². The van der Waals surface area contributed by atoms with Crippen LogP contribution in [0, 0.1) is 5.92 Å². The van der Waals surface area contributed by atoms with Crippen LogP contribution in [0.25, 0.3) is 10.2 Å². The van der Waals surface area contributed by atoms with Gasteiger partial charge in [-0.05, 0) is 55.9 Å². The van der Waals surface area contributed by atoms with Gasteiger partial charge >= 0.3 is 0 Å². The van der Waals surface area contributed by atoms with E-state index in [9.17, 15) is 0 Å². The Labute approximate surface area is 123 Å². The van der Waals surface area contributed by atoms with Gasteiger partial charge in [0.2, 0.25) is 0 Å². The molecule has 1 N–H and O–H groups in total. The smallest absolute Gasteiger partial charge is 0.111 e. The second kappa shape index (κ2) is 6.25. The van der Waals surface area contributed by atoms with E-state index >= 15 is 0 Å². The van der Waals surface area contributed by atoms with Gasteiger partial charge in [-0.2, -0.15) is 11.8 Å². The standard InChI is InChI=1S/C15H20N2S2/c1-11(16-10-12-6-8-18-9-7-12)15-17-13-4-2-3-5-14(13)19-15/h2-5,11-12,16H,6-10H2,1H3. The Morgan fingerprint density at radius 1 is 1.32 bits per heavy atom. The number of nitrogens with one attached hydrogen (secondary N) is 1. The molecule has 19 heavy (non-hydrogen) atoms. The molecule has 0 amide bonds. The molecule has 0 aliphatic carbocycles. The van der Waals surface area contributed by atoms with Gasteiger partial charge < -0.3 is 5.32 Å². The fourth-order valence-electron chi connectivity index (χ4n) is 2.46. The lowest BCUT2D eigenvalue weighted by Gasteiger charge is -2.23. The Hall–Kier alpha value is -0.580. The third kappa shape index (κ3) is 3.30. The molecule has 1 aliphatic heterocycles. The predicted octanol–water partition coefficient (Wildman–Crippen LogP) is 4.09. The molecule has 0 spiro atoms. The molecule has 3 rings (SSSR count). The number of fused-ring (bicyclic) bond motifs is 1. The minimum Gasteiger partial charge on any atom is -0.308 e. The first-order valence-electron chi connectivity index (χ1n) is 6.99. The number of nitrogens with zero attached hydrogens (tertiary/aromatic N) is 1. The zero-order valence-corrected chi connectivity index (χ0v) is 12.9. The highest BCUT2D eigenvalue weighted by Gasteiger charge is 2.16. The molecule has 1 saturated heterocycles. The van der Waals surface area contributed by atoms with E-state index < -0.39 is 0 Å². The van der Waals surface area contributed by atoms with Gasteiger partial charge in [0, 0.05) is 0 Å². The number of aromatic nitrogens is 1. The lowest BCUT2D eigenvalue weighted by atomic mass is 10.0. The number of hydrogen-bond acceptors (Lipinski definition) is 4. The summed E-state index contributed by atoms with van der Waals surface area (Å²) in [5.74, 6) is 3.53. The molecule has 1 aromatic carbocycles. The number of thioether (sulfide) groups is 1. The molecule has 1 aliphatic rings. The van der Waals surface area contributed by atoms with Crippen LogP contribution in [0.4, 0.5) is 0 Å². The van der Waals surface area contributed by atoms with Crippen LogP contribution in [0.5, 0.6) is 0 Å². The highest BCUT2D eigenvalue weighted by molar-refractivity contribution is 7.99. The van der Waals surface area contributed by atoms with Crippen LogP contribution in [-0.4, -0.2) is 23.0 Å². The van der Waals surface area contributed by atoms with E-state index in [1.165, 1.54) is 34.1 Å². The van der Waals surface area contributed by atoms with Crippen LogP contribution in [0.2, 0.25) is 0 Å². The number of benzene rings is 1. The van der Waals surface area contributed by atoms with E-state index in [2.05, 4.69) is 48.3 Å². The van der Waals surface area contributed by atoms with Crippen molar-refractivity contribution in [2.45, 2.75) is 25.8 Å². The molecule has 0 radical (unpaired) electrons. The first kappa shape index (κ1) is 13.4. The monoisotopic (exact) mass is 292 g/mol. The first-order chi connectivity index (χ1) is 9.33. The average molecular weight is 292 g/mol. The summed E-state index contributed by atoms with van der Waals surface area (Å²) in [6.45, 7) is 3.37. The fourth-order valence-corrected chi connectivity index (χ4v) is 4.65. The number of hydrogen-bond donors (Lipinski definition) is 1. The summed E-state index contributed by atoms with van der Waals surface area (Å²) in [4.78, 5) is 4.73. The van der Waals surface area contributed by atoms with Gasteiger partial charge in [-0.3, -0.25) is 0 Å². The Morgan fingerprint density at radius 3 is 2.89 bits per heavy atom. The van der Waals surface area contributed by atoms with Gasteiger partial charge in [0.25, 0.3) is 0 Å². The third-order valence-corrected chi connectivity index (χ3v) is 6.00. The van der Waals surface area contributed by atoms with E-state index in [1.54, 1.807) is 0 Å². The molecule has 0 bridgehead atoms. The number of para-hydroxylation sites is 1. The summed E-state index contributed by atoms with van der Waals surface area (Å²) in [7, 11) is 0. The molecule has 1 atom stereocenters. The maximum absolute atomic E-state index is 4.73. The third-order valence-electron chi connectivity index (χ3n) is 3.73. The van der Waals surface area contributed by atoms with Crippen molar-refractivity contribution in [3.8, 4) is 0 Å². The number of rotatable bonds is 4. The molecule has 0 saturated carbocycles. The van der Waals surface area contributed by atoms with Crippen LogP contribution in [0.1, 0.15) is 30.8 Å². The van der Waals surface area contributed by atoms with Gasteiger partial charge in [-0.25, -0.2) is 4.98 Å². The van der Waals surface area contributed by atoms with Crippen LogP contribution >= 0.6 is 23.1 Å². The summed E-state index contributed by atoms with van der Waals surface area (Å²) < 4.78 is 1.29. The van der Waals surface area contributed by atoms with Crippen molar-refractivity contribution in [1.82, 2.24) is 10.3 Å². The predicted molar refractivity (Wildman–Crippen MR) is 86.1 cm³/mol. The lowest BCUT2D eigenvalue weighted by Crippen LogP contribution is -2.27. The molecule has 2 nitrogen and oxygen atoms in total. The lowest BCUT2D eigenvalue weighted by molar-refractivity contribution is 0.420. The minimum absolute atomic E-state index is 0.368. The van der Waals surface area contributed by atoms with Crippen molar-refractivity contribution in [3.63, 3.8) is 0 Å². The second-order valence-electron chi connectivity index (χ2n) is 5.21. The maximum Gasteiger partial charge on any atom is 0.111 e. The highest BCUT2D eigenvalue weighted by atomic mass is 32.2. The molecule has 1 fully saturated rings. The molecule has 1 unspecified atom stereocenters. The van der Waals surface area contributed by atoms with Crippen LogP contribution in [0.3, 0.4) is 0 Å². The second-order valence-corrected chi connectivity index (χ2v) is 7.49.